The molecule has 16 heavy (non-hydrogen) atoms. The van der Waals surface area contributed by atoms with Gasteiger partial charge < -0.3 is 0 Å². The molecule has 1 saturated heterocycles. The standard InChI is InChI=1S/C11H11NO3S/c13-11(10-6-3-7-16-10)8-4-1-2-5-9(8)12(14)15/h1-2,4-5,10H,3,6-7H2. The fourth-order valence-electron chi connectivity index (χ4n) is 1.80. The lowest BCUT2D eigenvalue weighted by Crippen LogP contribution is -2.15. The zero-order valence-corrected chi connectivity index (χ0v) is 9.40. The van der Waals surface area contributed by atoms with Crippen LogP contribution < -0.4 is 0 Å². The number of nitro benzene ring substituents is 1. The summed E-state index contributed by atoms with van der Waals surface area (Å²) in [7, 11) is 0. The summed E-state index contributed by atoms with van der Waals surface area (Å²) in [6.07, 6.45) is 1.84. The summed E-state index contributed by atoms with van der Waals surface area (Å²) in [5, 5.41) is 10.7. The number of hydrogen-bond donors (Lipinski definition) is 0. The first-order chi connectivity index (χ1) is 7.70. The third-order valence-corrected chi connectivity index (χ3v) is 3.96. The molecule has 1 aromatic carbocycles. The van der Waals surface area contributed by atoms with Crippen LogP contribution in [0.15, 0.2) is 24.3 Å². The average molecular weight is 237 g/mol. The van der Waals surface area contributed by atoms with Crippen LogP contribution in [0.4, 0.5) is 5.69 Å². The third-order valence-electron chi connectivity index (χ3n) is 2.59. The van der Waals surface area contributed by atoms with Crippen molar-refractivity contribution in [2.24, 2.45) is 0 Å². The fourth-order valence-corrected chi connectivity index (χ4v) is 3.03. The van der Waals surface area contributed by atoms with Crippen molar-refractivity contribution < 1.29 is 9.72 Å². The maximum atomic E-state index is 12.0. The molecule has 0 radical (unpaired) electrons. The first-order valence-corrected chi connectivity index (χ1v) is 6.14. The molecule has 84 valence electrons. The van der Waals surface area contributed by atoms with E-state index in [2.05, 4.69) is 0 Å². The topological polar surface area (TPSA) is 60.2 Å². The van der Waals surface area contributed by atoms with Crippen LogP contribution in [-0.4, -0.2) is 21.7 Å². The Kier molecular flexibility index (Phi) is 3.24. The molecule has 0 spiro atoms. The van der Waals surface area contributed by atoms with Crippen molar-refractivity contribution in [2.75, 3.05) is 5.75 Å². The molecule has 1 unspecified atom stereocenters. The van der Waals surface area contributed by atoms with Gasteiger partial charge in [-0.25, -0.2) is 0 Å². The van der Waals surface area contributed by atoms with Gasteiger partial charge in [0.25, 0.3) is 5.69 Å². The van der Waals surface area contributed by atoms with E-state index >= 15 is 0 Å². The molecule has 0 amide bonds. The largest absolute Gasteiger partial charge is 0.293 e. The Morgan fingerprint density at radius 2 is 2.19 bits per heavy atom. The smallest absolute Gasteiger partial charge is 0.280 e. The lowest BCUT2D eigenvalue weighted by Gasteiger charge is -2.07. The number of carbonyl (C=O) groups excluding carboxylic acids is 1. The molecule has 1 aromatic rings. The second-order valence-electron chi connectivity index (χ2n) is 3.64. The summed E-state index contributed by atoms with van der Waals surface area (Å²) in [6, 6.07) is 6.17. The molecule has 1 heterocycles. The van der Waals surface area contributed by atoms with Gasteiger partial charge in [0.1, 0.15) is 0 Å². The van der Waals surface area contributed by atoms with Gasteiger partial charge in [-0.1, -0.05) is 12.1 Å². The van der Waals surface area contributed by atoms with Gasteiger partial charge >= 0.3 is 0 Å². The van der Waals surface area contributed by atoms with Crippen molar-refractivity contribution in [1.82, 2.24) is 0 Å². The minimum Gasteiger partial charge on any atom is -0.293 e. The number of nitrogens with zero attached hydrogens (tertiary/aromatic N) is 1. The molecule has 0 saturated carbocycles. The maximum Gasteiger partial charge on any atom is 0.280 e. The van der Waals surface area contributed by atoms with E-state index in [4.69, 9.17) is 0 Å². The Balaban J connectivity index is 2.32. The lowest BCUT2D eigenvalue weighted by atomic mass is 10.0. The van der Waals surface area contributed by atoms with E-state index in [0.29, 0.717) is 0 Å². The van der Waals surface area contributed by atoms with Gasteiger partial charge in [-0.3, -0.25) is 14.9 Å². The number of carbonyl (C=O) groups is 1. The molecule has 1 atom stereocenters. The number of para-hydroxylation sites is 1. The van der Waals surface area contributed by atoms with Crippen LogP contribution in [0.5, 0.6) is 0 Å². The molecule has 0 bridgehead atoms. The van der Waals surface area contributed by atoms with Gasteiger partial charge in [-0.05, 0) is 24.7 Å². The highest BCUT2D eigenvalue weighted by Gasteiger charge is 2.29. The Bertz CT molecular complexity index is 427. The second kappa shape index (κ2) is 4.65. The van der Waals surface area contributed by atoms with Crippen LogP contribution in [0.25, 0.3) is 0 Å². The van der Waals surface area contributed by atoms with Gasteiger partial charge in [0.05, 0.1) is 15.7 Å². The van der Waals surface area contributed by atoms with Crippen LogP contribution in [0.1, 0.15) is 23.2 Å². The number of thioether (sulfide) groups is 1. The SMILES string of the molecule is O=C(c1ccccc1[N+](=O)[O-])C1CCCS1. The minimum absolute atomic E-state index is 0.0833. The van der Waals surface area contributed by atoms with Crippen molar-refractivity contribution in [3.8, 4) is 0 Å². The summed E-state index contributed by atoms with van der Waals surface area (Å²) < 4.78 is 0. The summed E-state index contributed by atoms with van der Waals surface area (Å²) in [5.41, 5.74) is 0.159. The molecule has 1 fully saturated rings. The maximum absolute atomic E-state index is 12.0. The Morgan fingerprint density at radius 1 is 1.44 bits per heavy atom. The molecule has 5 heteroatoms. The highest BCUT2D eigenvalue weighted by Crippen LogP contribution is 2.31. The number of ketones is 1. The first kappa shape index (κ1) is 11.1. The number of rotatable bonds is 3. The van der Waals surface area contributed by atoms with E-state index in [-0.39, 0.29) is 22.3 Å². The molecule has 1 aliphatic rings. The molecular formula is C11H11NO3S. The molecule has 0 N–H and O–H groups in total. The van der Waals surface area contributed by atoms with Gasteiger partial charge in [-0.2, -0.15) is 11.8 Å². The quantitative estimate of drug-likeness (QED) is 0.460. The summed E-state index contributed by atoms with van der Waals surface area (Å²) in [4.78, 5) is 22.3. The zero-order chi connectivity index (χ0) is 11.5. The summed E-state index contributed by atoms with van der Waals surface area (Å²) in [6.45, 7) is 0. The normalized spacial score (nSPS) is 19.6. The van der Waals surface area contributed by atoms with Crippen LogP contribution >= 0.6 is 11.8 Å². The van der Waals surface area contributed by atoms with Crippen molar-refractivity contribution in [3.05, 3.63) is 39.9 Å². The minimum atomic E-state index is -0.493. The number of nitro groups is 1. The first-order valence-electron chi connectivity index (χ1n) is 5.09. The predicted molar refractivity (Wildman–Crippen MR) is 62.9 cm³/mol. The van der Waals surface area contributed by atoms with E-state index in [0.717, 1.165) is 18.6 Å². The Hall–Kier alpha value is -1.36. The number of hydrogen-bond acceptors (Lipinski definition) is 4. The van der Waals surface area contributed by atoms with Crippen molar-refractivity contribution >= 4 is 23.2 Å². The Morgan fingerprint density at radius 3 is 2.81 bits per heavy atom. The average Bonchev–Trinajstić information content (AvgIpc) is 2.81. The van der Waals surface area contributed by atoms with Crippen molar-refractivity contribution in [3.63, 3.8) is 0 Å². The van der Waals surface area contributed by atoms with E-state index in [9.17, 15) is 14.9 Å². The summed E-state index contributed by atoms with van der Waals surface area (Å²) in [5.74, 6) is 0.867. The lowest BCUT2D eigenvalue weighted by molar-refractivity contribution is -0.385. The molecule has 4 nitrogen and oxygen atoms in total. The zero-order valence-electron chi connectivity index (χ0n) is 8.59. The molecule has 1 aliphatic heterocycles. The van der Waals surface area contributed by atoms with E-state index in [1.165, 1.54) is 6.07 Å². The van der Waals surface area contributed by atoms with Gasteiger partial charge in [0.2, 0.25) is 0 Å². The van der Waals surface area contributed by atoms with E-state index in [1.54, 1.807) is 30.0 Å². The van der Waals surface area contributed by atoms with Crippen LogP contribution in [0, 0.1) is 10.1 Å². The highest BCUT2D eigenvalue weighted by atomic mass is 32.2. The van der Waals surface area contributed by atoms with Crippen molar-refractivity contribution in [1.29, 1.82) is 0 Å². The Labute approximate surface area is 97.2 Å². The number of Topliss-reactive ketones (excluding diaryl/α,β-unsaturated/α-hetero) is 1. The second-order valence-corrected chi connectivity index (χ2v) is 4.95. The highest BCUT2D eigenvalue weighted by molar-refractivity contribution is 8.00. The van der Waals surface area contributed by atoms with E-state index < -0.39 is 4.92 Å². The van der Waals surface area contributed by atoms with Gasteiger partial charge in [0.15, 0.2) is 5.78 Å². The molecular weight excluding hydrogens is 226 g/mol. The van der Waals surface area contributed by atoms with Crippen LogP contribution in [-0.2, 0) is 0 Å². The predicted octanol–water partition coefficient (Wildman–Crippen LogP) is 2.67. The summed E-state index contributed by atoms with van der Waals surface area (Å²) >= 11 is 1.59. The van der Waals surface area contributed by atoms with Crippen LogP contribution in [0.2, 0.25) is 0 Å². The number of benzene rings is 1. The third kappa shape index (κ3) is 2.09. The molecule has 0 aliphatic carbocycles. The monoisotopic (exact) mass is 237 g/mol. The van der Waals surface area contributed by atoms with E-state index in [1.807, 2.05) is 0 Å². The fraction of sp³-hybridized carbons (Fsp3) is 0.364. The van der Waals surface area contributed by atoms with Crippen LogP contribution in [0.3, 0.4) is 0 Å². The van der Waals surface area contributed by atoms with Crippen molar-refractivity contribution in [2.45, 2.75) is 18.1 Å². The van der Waals surface area contributed by atoms with Gasteiger partial charge in [-0.15, -0.1) is 0 Å². The van der Waals surface area contributed by atoms with Gasteiger partial charge in [0, 0.05) is 6.07 Å². The molecule has 2 rings (SSSR count). The molecule has 0 aromatic heterocycles.